The number of amides is 2. The molecule has 1 aliphatic heterocycles. The first-order valence-corrected chi connectivity index (χ1v) is 7.07. The van der Waals surface area contributed by atoms with Crippen LogP contribution in [0.2, 0.25) is 0 Å². The Morgan fingerprint density at radius 3 is 2.70 bits per heavy atom. The third-order valence-electron chi connectivity index (χ3n) is 3.50. The van der Waals surface area contributed by atoms with Gasteiger partial charge < -0.3 is 10.2 Å². The Morgan fingerprint density at radius 1 is 1.40 bits per heavy atom. The Hall–Kier alpha value is -1.92. The molecule has 1 aromatic rings. The van der Waals surface area contributed by atoms with E-state index in [0.29, 0.717) is 13.1 Å². The number of aromatic nitrogens is 3. The van der Waals surface area contributed by atoms with E-state index in [2.05, 4.69) is 20.5 Å². The zero-order valence-corrected chi connectivity index (χ0v) is 12.0. The fraction of sp³-hybridized carbons (Fsp3) is 0.692. The van der Waals surface area contributed by atoms with E-state index in [1.54, 1.807) is 11.8 Å². The summed E-state index contributed by atoms with van der Waals surface area (Å²) >= 11 is 0. The molecule has 1 aliphatic rings. The molecular weight excluding hydrogens is 258 g/mol. The molecule has 7 heteroatoms. The summed E-state index contributed by atoms with van der Waals surface area (Å²) in [5.41, 5.74) is 0. The van der Waals surface area contributed by atoms with E-state index >= 15 is 0 Å². The summed E-state index contributed by atoms with van der Waals surface area (Å²) in [6.07, 6.45) is 3.30. The van der Waals surface area contributed by atoms with Crippen LogP contribution < -0.4 is 5.32 Å². The van der Waals surface area contributed by atoms with Crippen LogP contribution in [0.25, 0.3) is 0 Å². The second-order valence-corrected chi connectivity index (χ2v) is 5.11. The summed E-state index contributed by atoms with van der Waals surface area (Å²) in [7, 11) is 0. The minimum absolute atomic E-state index is 0.0891. The zero-order valence-electron chi connectivity index (χ0n) is 12.0. The molecular formula is C13H21N5O2. The van der Waals surface area contributed by atoms with E-state index in [1.165, 1.54) is 0 Å². The van der Waals surface area contributed by atoms with Crippen molar-refractivity contribution in [1.82, 2.24) is 25.4 Å². The van der Waals surface area contributed by atoms with Gasteiger partial charge in [0.05, 0.1) is 0 Å². The lowest BCUT2D eigenvalue weighted by molar-refractivity contribution is -0.129. The number of piperidine rings is 1. The molecule has 0 spiro atoms. The highest BCUT2D eigenvalue weighted by atomic mass is 16.2. The highest BCUT2D eigenvalue weighted by molar-refractivity contribution is 5.90. The van der Waals surface area contributed by atoms with Gasteiger partial charge in [0.1, 0.15) is 5.82 Å². The van der Waals surface area contributed by atoms with Crippen molar-refractivity contribution in [1.29, 1.82) is 0 Å². The average Bonchev–Trinajstić information content (AvgIpc) is 2.88. The van der Waals surface area contributed by atoms with E-state index in [-0.39, 0.29) is 23.7 Å². The van der Waals surface area contributed by atoms with Gasteiger partial charge in [0.2, 0.25) is 11.7 Å². The van der Waals surface area contributed by atoms with Crippen LogP contribution in [0.5, 0.6) is 0 Å². The van der Waals surface area contributed by atoms with Crippen LogP contribution in [0, 0.1) is 0 Å². The van der Waals surface area contributed by atoms with Crippen molar-refractivity contribution in [2.24, 2.45) is 0 Å². The molecule has 2 rings (SSSR count). The zero-order chi connectivity index (χ0) is 14.5. The van der Waals surface area contributed by atoms with Crippen molar-refractivity contribution >= 4 is 11.8 Å². The van der Waals surface area contributed by atoms with E-state index in [1.807, 2.05) is 6.92 Å². The van der Waals surface area contributed by atoms with Gasteiger partial charge in [-0.15, -0.1) is 5.10 Å². The Bertz CT molecular complexity index is 477. The van der Waals surface area contributed by atoms with Gasteiger partial charge in [-0.05, 0) is 19.3 Å². The van der Waals surface area contributed by atoms with Gasteiger partial charge in [-0.2, -0.15) is 0 Å². The Kier molecular flexibility index (Phi) is 4.70. The van der Waals surface area contributed by atoms with Crippen LogP contribution in [0.3, 0.4) is 0 Å². The molecule has 0 radical (unpaired) electrons. The van der Waals surface area contributed by atoms with Crippen molar-refractivity contribution in [2.45, 2.75) is 45.6 Å². The first-order valence-electron chi connectivity index (χ1n) is 7.07. The first-order chi connectivity index (χ1) is 9.60. The lowest BCUT2D eigenvalue weighted by atomic mass is 10.1. The molecule has 1 aromatic heterocycles. The Labute approximate surface area is 118 Å². The molecule has 1 fully saturated rings. The third-order valence-corrected chi connectivity index (χ3v) is 3.50. The molecule has 0 atom stereocenters. The fourth-order valence-electron chi connectivity index (χ4n) is 2.33. The number of nitrogens with one attached hydrogen (secondary N) is 2. The Balaban J connectivity index is 1.84. The van der Waals surface area contributed by atoms with E-state index in [0.717, 1.165) is 31.5 Å². The minimum atomic E-state index is -0.245. The number of aromatic amines is 1. The topological polar surface area (TPSA) is 91.0 Å². The van der Waals surface area contributed by atoms with E-state index in [9.17, 15) is 9.59 Å². The molecule has 0 unspecified atom stereocenters. The molecule has 110 valence electrons. The molecule has 2 amide bonds. The lowest BCUT2D eigenvalue weighted by Crippen LogP contribution is -2.46. The van der Waals surface area contributed by atoms with Crippen LogP contribution in [0.1, 0.15) is 49.6 Å². The molecule has 7 nitrogen and oxygen atoms in total. The SMILES string of the molecule is CCCc1nc(C(=O)NC2CCN(C(C)=O)CC2)n[nH]1. The van der Waals surface area contributed by atoms with Gasteiger partial charge in [-0.1, -0.05) is 6.92 Å². The standard InChI is InChI=1S/C13H21N5O2/c1-3-4-11-15-12(17-16-11)13(20)14-10-5-7-18(8-6-10)9(2)19/h10H,3-8H2,1-2H3,(H,14,20)(H,15,16,17). The van der Waals surface area contributed by atoms with Crippen LogP contribution in [-0.4, -0.2) is 51.0 Å². The molecule has 20 heavy (non-hydrogen) atoms. The Morgan fingerprint density at radius 2 is 2.10 bits per heavy atom. The maximum Gasteiger partial charge on any atom is 0.291 e. The number of hydrogen-bond donors (Lipinski definition) is 2. The largest absolute Gasteiger partial charge is 0.346 e. The number of carbonyl (C=O) groups excluding carboxylic acids is 2. The average molecular weight is 279 g/mol. The van der Waals surface area contributed by atoms with Crippen molar-refractivity contribution in [2.75, 3.05) is 13.1 Å². The molecule has 0 bridgehead atoms. The summed E-state index contributed by atoms with van der Waals surface area (Å²) in [6, 6.07) is 0.0891. The van der Waals surface area contributed by atoms with Gasteiger partial charge in [0.15, 0.2) is 0 Å². The summed E-state index contributed by atoms with van der Waals surface area (Å²) in [6.45, 7) is 5.00. The quantitative estimate of drug-likeness (QED) is 0.839. The van der Waals surface area contributed by atoms with E-state index < -0.39 is 0 Å². The van der Waals surface area contributed by atoms with Gasteiger partial charge in [-0.25, -0.2) is 4.98 Å². The van der Waals surface area contributed by atoms with Crippen molar-refractivity contribution in [3.63, 3.8) is 0 Å². The highest BCUT2D eigenvalue weighted by Crippen LogP contribution is 2.10. The summed E-state index contributed by atoms with van der Waals surface area (Å²) in [4.78, 5) is 29.2. The second-order valence-electron chi connectivity index (χ2n) is 5.11. The maximum absolute atomic E-state index is 12.0. The normalized spacial score (nSPS) is 16.2. The number of H-pyrrole nitrogens is 1. The molecule has 1 saturated heterocycles. The van der Waals surface area contributed by atoms with Crippen molar-refractivity contribution in [3.8, 4) is 0 Å². The van der Waals surface area contributed by atoms with Crippen LogP contribution in [0.4, 0.5) is 0 Å². The van der Waals surface area contributed by atoms with Crippen molar-refractivity contribution < 1.29 is 9.59 Å². The van der Waals surface area contributed by atoms with Gasteiger partial charge >= 0.3 is 0 Å². The van der Waals surface area contributed by atoms with Gasteiger partial charge in [0.25, 0.3) is 5.91 Å². The number of nitrogens with zero attached hydrogens (tertiary/aromatic N) is 3. The van der Waals surface area contributed by atoms with Crippen LogP contribution in [0.15, 0.2) is 0 Å². The number of rotatable bonds is 4. The third kappa shape index (κ3) is 3.55. The fourth-order valence-corrected chi connectivity index (χ4v) is 2.33. The molecule has 0 saturated carbocycles. The molecule has 2 heterocycles. The summed E-state index contributed by atoms with van der Waals surface area (Å²) in [5, 5.41) is 9.63. The van der Waals surface area contributed by atoms with Crippen molar-refractivity contribution in [3.05, 3.63) is 11.6 Å². The predicted molar refractivity (Wildman–Crippen MR) is 73.1 cm³/mol. The number of hydrogen-bond acceptors (Lipinski definition) is 4. The minimum Gasteiger partial charge on any atom is -0.346 e. The van der Waals surface area contributed by atoms with Gasteiger partial charge in [0, 0.05) is 32.5 Å². The summed E-state index contributed by atoms with van der Waals surface area (Å²) < 4.78 is 0. The molecule has 0 aliphatic carbocycles. The van der Waals surface area contributed by atoms with Gasteiger partial charge in [-0.3, -0.25) is 14.7 Å². The first kappa shape index (κ1) is 14.5. The van der Waals surface area contributed by atoms with E-state index in [4.69, 9.17) is 0 Å². The van der Waals surface area contributed by atoms with Crippen LogP contribution in [-0.2, 0) is 11.2 Å². The lowest BCUT2D eigenvalue weighted by Gasteiger charge is -2.31. The monoisotopic (exact) mass is 279 g/mol. The number of likely N-dealkylation sites (tertiary alicyclic amines) is 1. The molecule has 0 aromatic carbocycles. The summed E-state index contributed by atoms with van der Waals surface area (Å²) in [5.74, 6) is 0.782. The number of aryl methyl sites for hydroxylation is 1. The highest BCUT2D eigenvalue weighted by Gasteiger charge is 2.23. The maximum atomic E-state index is 12.0. The second kappa shape index (κ2) is 6.49. The van der Waals surface area contributed by atoms with Crippen LogP contribution >= 0.6 is 0 Å². The smallest absolute Gasteiger partial charge is 0.291 e. The number of carbonyl (C=O) groups is 2. The molecule has 2 N–H and O–H groups in total. The predicted octanol–water partition coefficient (Wildman–Crippen LogP) is 0.498.